The van der Waals surface area contributed by atoms with Crippen LogP contribution in [0.1, 0.15) is 194 Å². The molecule has 4 aliphatic carbocycles. The molecule has 0 aromatic heterocycles. The third-order valence-electron chi connectivity index (χ3n) is 25.7. The minimum absolute atomic E-state index is 0.0135. The van der Waals surface area contributed by atoms with Gasteiger partial charge >= 0.3 is 12.1 Å². The lowest BCUT2D eigenvalue weighted by molar-refractivity contribution is -0.142. The molecule has 0 saturated heterocycles. The van der Waals surface area contributed by atoms with E-state index < -0.39 is 42.1 Å². The molecule has 12 N–H and O–H groups in total. The van der Waals surface area contributed by atoms with Crippen molar-refractivity contribution in [2.45, 2.75) is 213 Å². The number of carboxylic acids is 1. The van der Waals surface area contributed by atoms with Gasteiger partial charge in [0.05, 0.1) is 204 Å². The topological polar surface area (TPSA) is 463 Å². The number of carbonyl (C=O) groups excluding carboxylic acids is 8. The molecule has 4 aliphatic rings. The molecular weight excluding hydrogens is 1920 g/mol. The monoisotopic (exact) mass is 2100 g/mol. The van der Waals surface area contributed by atoms with Crippen LogP contribution in [0.5, 0.6) is 0 Å². The molecule has 1 saturated carbocycles. The summed E-state index contributed by atoms with van der Waals surface area (Å²) in [6, 6.07) is 13.6. The molecule has 149 heavy (non-hydrogen) atoms. The normalized spacial score (nSPS) is 17.4. The summed E-state index contributed by atoms with van der Waals surface area (Å²) >= 11 is 0. The van der Waals surface area contributed by atoms with Crippen molar-refractivity contribution in [2.75, 3.05) is 258 Å². The summed E-state index contributed by atoms with van der Waals surface area (Å²) in [5.41, 5.74) is 15.0. The molecule has 2 aromatic rings. The number of fused-ring (bicyclic) bond motifs is 3. The van der Waals surface area contributed by atoms with E-state index >= 15 is 0 Å². The van der Waals surface area contributed by atoms with Crippen LogP contribution in [0.2, 0.25) is 0 Å². The number of ketones is 1. The number of benzene rings is 2. The Morgan fingerprint density at radius 3 is 1.21 bits per heavy atom. The summed E-state index contributed by atoms with van der Waals surface area (Å²) in [5, 5.41) is 40.3. The van der Waals surface area contributed by atoms with E-state index in [2.05, 4.69) is 168 Å². The molecule has 1 fully saturated rings. The lowest BCUT2D eigenvalue weighted by Crippen LogP contribution is -2.47. The van der Waals surface area contributed by atoms with Crippen LogP contribution in [0.4, 0.5) is 4.79 Å². The number of unbranched alkanes of at least 4 members (excludes halogenated alkanes) is 4. The molecule has 7 amide bonds. The number of allylic oxidation sites excluding steroid dienone is 14. The number of rotatable bonds is 90. The van der Waals surface area contributed by atoms with Crippen molar-refractivity contribution >= 4 is 53.3 Å². The maximum Gasteiger partial charge on any atom is 0.407 e. The van der Waals surface area contributed by atoms with Crippen LogP contribution in [-0.2, 0) is 119 Å². The van der Waals surface area contributed by atoms with Crippen molar-refractivity contribution in [3.63, 3.8) is 0 Å². The number of aliphatic carboxylic acids is 1. The van der Waals surface area contributed by atoms with Crippen molar-refractivity contribution < 1.29 is 129 Å². The quantitative estimate of drug-likeness (QED) is 0.0166. The molecular formula is C111H177N11O27. The Hall–Kier alpha value is -9.53. The van der Waals surface area contributed by atoms with Crippen LogP contribution in [0, 0.1) is 11.8 Å². The standard InChI is InChI=1S/C111H177N11O27/c1-84-22-21-23-91(37-32-85(84)2)113-47-19-15-29-100(119-105(125)43-53-134-59-65-140-71-73-144-69-63-138-57-51-117-111(132)148-82-98-96-26-11-9-24-94(96)95-25-10-12-27-97(95)98)108(128)116-50-56-137-62-68-143-72-70-139-64-58-133-52-42-104(124)118-99(28-14-18-48-115-93-40-35-88(5)90(7)89(6)36-41-93)103(123)83-147-79-78-145-75-74-141-66-60-135-54-44-106(126)120-101(30-13-17-46-112-8)109(129)122-149-81-80-146-77-76-142-67-61-136-55-45-107(127)121-102(110(130)131)31-16-20-49-114-92-38-33-86(3)87(4)34-39-92/h9-12,21-27,32,35-37,40-41,86-87,92,98-102,112-115H,13-20,28-31,33-34,38-39,42-83H2,1-8H3,(H,116,128)(H,117,132)(H,118,124)(H,119,125)(H,120,126)(H,121,127)(H,122,129)(H,130,131)/b22-21?,23-21?,37-32?,40-35?,41-36?,84-22-,85-32-,85-84?,88-35-,89-36?,90-88?,90-89-,91-23?,91-37?,93-40?,93-41?. The predicted octanol–water partition coefficient (Wildman–Crippen LogP) is 10.1. The number of hydrogen-bond donors (Lipinski definition) is 12. The average molecular weight is 2100 g/mol. The van der Waals surface area contributed by atoms with E-state index in [0.29, 0.717) is 137 Å². The molecule has 2 aromatic carbocycles. The Bertz CT molecular complexity index is 4320. The molecule has 38 heteroatoms. The van der Waals surface area contributed by atoms with Gasteiger partial charge in [0.25, 0.3) is 5.91 Å². The van der Waals surface area contributed by atoms with Gasteiger partial charge < -0.3 is 134 Å². The van der Waals surface area contributed by atoms with E-state index in [1.165, 1.54) is 64.7 Å². The van der Waals surface area contributed by atoms with Gasteiger partial charge in [0.2, 0.25) is 29.5 Å². The lowest BCUT2D eigenvalue weighted by Gasteiger charge is -2.19. The second-order valence-electron chi connectivity index (χ2n) is 37.3. The lowest BCUT2D eigenvalue weighted by atomic mass is 9.92. The summed E-state index contributed by atoms with van der Waals surface area (Å²) in [7, 11) is 1.84. The number of hydrogen-bond acceptors (Lipinski definition) is 30. The van der Waals surface area contributed by atoms with Gasteiger partial charge in [0, 0.05) is 75.2 Å². The van der Waals surface area contributed by atoms with Gasteiger partial charge in [-0.2, -0.15) is 0 Å². The molecule has 0 heterocycles. The van der Waals surface area contributed by atoms with E-state index in [4.69, 9.17) is 80.6 Å². The second kappa shape index (κ2) is 83.1. The Balaban J connectivity index is 0.750. The fourth-order valence-corrected chi connectivity index (χ4v) is 16.2. The van der Waals surface area contributed by atoms with Crippen molar-refractivity contribution in [3.8, 4) is 11.1 Å². The number of carboxylic acid groups (broad SMARTS) is 1. The van der Waals surface area contributed by atoms with Crippen LogP contribution in [-0.4, -0.2) is 346 Å². The molecule has 38 nitrogen and oxygen atoms in total. The summed E-state index contributed by atoms with van der Waals surface area (Å²) in [6.07, 6.45) is 30.4. The van der Waals surface area contributed by atoms with E-state index in [1.54, 1.807) is 0 Å². The highest BCUT2D eigenvalue weighted by molar-refractivity contribution is 5.90. The van der Waals surface area contributed by atoms with Gasteiger partial charge in [-0.05, 0) is 244 Å². The Morgan fingerprint density at radius 2 is 0.738 bits per heavy atom. The number of carbonyl (C=O) groups is 9. The molecule has 0 aliphatic heterocycles. The number of ether oxygens (including phenoxy) is 16. The summed E-state index contributed by atoms with van der Waals surface area (Å²) in [6.45, 7) is 25.8. The van der Waals surface area contributed by atoms with Crippen LogP contribution < -0.4 is 58.6 Å². The maximum absolute atomic E-state index is 13.6. The molecule has 0 bridgehead atoms. The molecule has 0 radical (unpaired) electrons. The van der Waals surface area contributed by atoms with Crippen LogP contribution in [0.3, 0.4) is 0 Å². The minimum atomic E-state index is -1.05. The minimum Gasteiger partial charge on any atom is -0.480 e. The highest BCUT2D eigenvalue weighted by atomic mass is 16.7. The third kappa shape index (κ3) is 60.5. The zero-order valence-corrected chi connectivity index (χ0v) is 90.0. The number of Topliss-reactive ketones (excluding diaryl/α,β-unsaturated/α-hetero) is 1. The van der Waals surface area contributed by atoms with Gasteiger partial charge in [-0.15, -0.1) is 0 Å². The average Bonchev–Trinajstić information content (AvgIpc) is 1.61. The first-order valence-corrected chi connectivity index (χ1v) is 53.8. The summed E-state index contributed by atoms with van der Waals surface area (Å²) < 4.78 is 90.2. The number of hydroxylamine groups is 1. The van der Waals surface area contributed by atoms with Crippen LogP contribution >= 0.6 is 0 Å². The maximum atomic E-state index is 13.6. The van der Waals surface area contributed by atoms with Gasteiger partial charge in [0.1, 0.15) is 31.3 Å². The SMILES string of the molecule is CNCCCCC(NC(=O)CCOCCOCCOCCOCC(=O)C(CCCCNC1=C/C=C(C)\C(C)=C(\C)C=C1)NC(=O)CCOCCOCCOCCOCCNC(=O)C(CCCCNC1=C/C=C(C)\C(C)=C/C=C1)NC(=O)CCOCCOCCOCCOCCNC(=O)OCC1c2ccccc2-c2ccccc21)C(=O)NOCCOCCOCCOCCC(=O)NC(CCCCNC1CCC(C)C(C)CC1)C(=O)O. The fourth-order valence-electron chi connectivity index (χ4n) is 16.2. The molecule has 838 valence electrons. The van der Waals surface area contributed by atoms with Gasteiger partial charge in [0.15, 0.2) is 5.78 Å². The largest absolute Gasteiger partial charge is 0.480 e. The zero-order valence-electron chi connectivity index (χ0n) is 90.0. The molecule has 0 spiro atoms. The molecule has 6 rings (SSSR count). The number of alkyl carbamates (subject to hydrolysis) is 1. The van der Waals surface area contributed by atoms with Crippen molar-refractivity contribution in [1.82, 2.24) is 58.6 Å². The van der Waals surface area contributed by atoms with E-state index in [9.17, 15) is 48.3 Å². The second-order valence-corrected chi connectivity index (χ2v) is 37.3. The first-order valence-electron chi connectivity index (χ1n) is 53.8. The molecule has 6 unspecified atom stereocenters. The Labute approximate surface area is 883 Å². The first-order chi connectivity index (χ1) is 72.6. The van der Waals surface area contributed by atoms with Gasteiger partial charge in [-0.25, -0.2) is 15.1 Å². The van der Waals surface area contributed by atoms with E-state index in [-0.39, 0.29) is 225 Å². The highest BCUT2D eigenvalue weighted by Gasteiger charge is 2.31. The number of amides is 7. The highest BCUT2D eigenvalue weighted by Crippen LogP contribution is 2.44. The van der Waals surface area contributed by atoms with Crippen LogP contribution in [0.25, 0.3) is 11.1 Å². The van der Waals surface area contributed by atoms with E-state index in [1.807, 2.05) is 49.5 Å². The molecule has 6 atom stereocenters. The Kier molecular flexibility index (Phi) is 71.4. The van der Waals surface area contributed by atoms with Gasteiger partial charge in [-0.3, -0.25) is 38.4 Å². The smallest absolute Gasteiger partial charge is 0.407 e. The summed E-state index contributed by atoms with van der Waals surface area (Å²) in [5.74, 6) is -2.03. The van der Waals surface area contributed by atoms with Crippen molar-refractivity contribution in [3.05, 3.63) is 154 Å². The summed E-state index contributed by atoms with van der Waals surface area (Å²) in [4.78, 5) is 122. The van der Waals surface area contributed by atoms with Gasteiger partial charge in [-0.1, -0.05) is 92.8 Å². The predicted molar refractivity (Wildman–Crippen MR) is 569 cm³/mol. The fraction of sp³-hybridized carbons (Fsp3) is 0.667. The zero-order chi connectivity index (χ0) is 107. The number of nitrogens with one attached hydrogen (secondary N) is 11. The third-order valence-corrected chi connectivity index (χ3v) is 25.7. The van der Waals surface area contributed by atoms with Crippen molar-refractivity contribution in [2.24, 2.45) is 11.8 Å². The van der Waals surface area contributed by atoms with E-state index in [0.717, 1.165) is 73.1 Å². The van der Waals surface area contributed by atoms with Crippen molar-refractivity contribution in [1.29, 1.82) is 0 Å². The van der Waals surface area contributed by atoms with Crippen LogP contribution in [0.15, 0.2) is 142 Å². The first kappa shape index (κ1) is 128. The Morgan fingerprint density at radius 1 is 0.362 bits per heavy atom.